The van der Waals surface area contributed by atoms with Crippen molar-refractivity contribution in [2.45, 2.75) is 38.9 Å². The molecule has 2 atom stereocenters. The number of aromatic nitrogens is 2. The molecule has 6 heteroatoms. The number of thiocarbonyl (C=S) groups is 1. The van der Waals surface area contributed by atoms with E-state index in [-0.39, 0.29) is 12.1 Å². The van der Waals surface area contributed by atoms with Gasteiger partial charge in [-0.15, -0.1) is 0 Å². The minimum Gasteiger partial charge on any atom is -0.457 e. The number of para-hydroxylation sites is 1. The maximum atomic E-state index is 6.10. The van der Waals surface area contributed by atoms with Crippen LogP contribution >= 0.6 is 12.2 Å². The highest BCUT2D eigenvalue weighted by Crippen LogP contribution is 2.42. The number of nitrogens with one attached hydrogen (secondary N) is 1. The number of hydrogen-bond acceptors (Lipinski definition) is 3. The summed E-state index contributed by atoms with van der Waals surface area (Å²) in [6, 6.07) is 24.6. The van der Waals surface area contributed by atoms with E-state index >= 15 is 0 Å². The maximum absolute atomic E-state index is 6.10. The highest BCUT2D eigenvalue weighted by molar-refractivity contribution is 7.80. The van der Waals surface area contributed by atoms with Crippen molar-refractivity contribution in [3.63, 3.8) is 0 Å². The molecular formula is C28H28N4OS. The molecule has 1 aliphatic heterocycles. The van der Waals surface area contributed by atoms with E-state index in [1.807, 2.05) is 61.7 Å². The number of aryl methyl sites for hydroxylation is 1. The van der Waals surface area contributed by atoms with Gasteiger partial charge in [0.15, 0.2) is 5.11 Å². The second-order valence-corrected chi connectivity index (χ2v) is 9.23. The second-order valence-electron chi connectivity index (χ2n) is 8.84. The molecular weight excluding hydrogens is 440 g/mol. The highest BCUT2D eigenvalue weighted by Gasteiger charge is 2.41. The van der Waals surface area contributed by atoms with Gasteiger partial charge in [0.2, 0.25) is 0 Å². The predicted octanol–water partition coefficient (Wildman–Crippen LogP) is 6.74. The Bertz CT molecular complexity index is 1280. The minimum absolute atomic E-state index is 0.0227. The Kier molecular flexibility index (Phi) is 6.07. The summed E-state index contributed by atoms with van der Waals surface area (Å²) in [4.78, 5) is 6.82. The van der Waals surface area contributed by atoms with E-state index in [0.29, 0.717) is 11.2 Å². The van der Waals surface area contributed by atoms with Gasteiger partial charge in [0.05, 0.1) is 17.8 Å². The standard InChI is InChI=1S/C28H28N4OS/c1-19(2)31-17-15-21(18-31)27-26(24-9-6-7-16-29-24)30-28(34)32(27)22-11-13-23(14-12-22)33-25-10-5-4-8-20(25)3/h4-19,26-27H,1-3H3,(H,30,34). The van der Waals surface area contributed by atoms with E-state index in [2.05, 4.69) is 70.3 Å². The van der Waals surface area contributed by atoms with Crippen LogP contribution in [0.2, 0.25) is 0 Å². The normalized spacial score (nSPS) is 17.8. The molecule has 34 heavy (non-hydrogen) atoms. The molecule has 2 aromatic carbocycles. The number of hydrogen-bond donors (Lipinski definition) is 1. The van der Waals surface area contributed by atoms with Gasteiger partial charge in [-0.2, -0.15) is 0 Å². The number of anilines is 1. The smallest absolute Gasteiger partial charge is 0.174 e. The van der Waals surface area contributed by atoms with Crippen molar-refractivity contribution in [2.75, 3.05) is 4.90 Å². The number of rotatable bonds is 6. The molecule has 0 saturated carbocycles. The number of pyridine rings is 1. The molecule has 172 valence electrons. The van der Waals surface area contributed by atoms with Gasteiger partial charge in [-0.05, 0) is 92.6 Å². The van der Waals surface area contributed by atoms with Gasteiger partial charge in [-0.1, -0.05) is 24.3 Å². The summed E-state index contributed by atoms with van der Waals surface area (Å²) in [6.07, 6.45) is 6.18. The van der Waals surface area contributed by atoms with Crippen molar-refractivity contribution in [1.29, 1.82) is 0 Å². The van der Waals surface area contributed by atoms with Crippen molar-refractivity contribution < 1.29 is 4.74 Å². The van der Waals surface area contributed by atoms with E-state index in [1.165, 1.54) is 5.56 Å². The Morgan fingerprint density at radius 1 is 0.971 bits per heavy atom. The Labute approximate surface area is 206 Å². The summed E-state index contributed by atoms with van der Waals surface area (Å²) >= 11 is 5.84. The van der Waals surface area contributed by atoms with Gasteiger partial charge in [0, 0.05) is 30.3 Å². The van der Waals surface area contributed by atoms with Crippen molar-refractivity contribution >= 4 is 23.0 Å². The van der Waals surface area contributed by atoms with Gasteiger partial charge in [-0.25, -0.2) is 0 Å². The average molecular weight is 469 g/mol. The van der Waals surface area contributed by atoms with E-state index in [1.54, 1.807) is 0 Å². The first-order valence-corrected chi connectivity index (χ1v) is 11.9. The van der Waals surface area contributed by atoms with Crippen LogP contribution in [0.15, 0.2) is 91.4 Å². The molecule has 3 heterocycles. The van der Waals surface area contributed by atoms with E-state index in [0.717, 1.165) is 28.4 Å². The van der Waals surface area contributed by atoms with Crippen LogP contribution < -0.4 is 15.0 Å². The zero-order chi connectivity index (χ0) is 23.7. The average Bonchev–Trinajstić information content (AvgIpc) is 3.47. The topological polar surface area (TPSA) is 42.3 Å². The SMILES string of the molecule is Cc1ccccc1Oc1ccc(N2C(=S)NC(c3ccccn3)C2c2ccn(C(C)C)c2)cc1. The molecule has 0 spiro atoms. The molecule has 2 aromatic heterocycles. The Balaban J connectivity index is 1.49. The van der Waals surface area contributed by atoms with Gasteiger partial charge >= 0.3 is 0 Å². The molecule has 4 aromatic rings. The quantitative estimate of drug-likeness (QED) is 0.317. The first-order valence-electron chi connectivity index (χ1n) is 11.5. The number of benzene rings is 2. The van der Waals surface area contributed by atoms with Crippen LogP contribution in [-0.4, -0.2) is 14.7 Å². The second kappa shape index (κ2) is 9.31. The van der Waals surface area contributed by atoms with Crippen LogP contribution in [0.4, 0.5) is 5.69 Å². The molecule has 1 fully saturated rings. The first kappa shape index (κ1) is 22.2. The monoisotopic (exact) mass is 468 g/mol. The molecule has 5 nitrogen and oxygen atoms in total. The minimum atomic E-state index is -0.0559. The van der Waals surface area contributed by atoms with Crippen molar-refractivity contribution in [2.24, 2.45) is 0 Å². The third-order valence-corrected chi connectivity index (χ3v) is 6.52. The summed E-state index contributed by atoms with van der Waals surface area (Å²) in [6.45, 7) is 6.41. The largest absolute Gasteiger partial charge is 0.457 e. The third kappa shape index (κ3) is 4.29. The Morgan fingerprint density at radius 3 is 2.41 bits per heavy atom. The summed E-state index contributed by atoms with van der Waals surface area (Å²) in [7, 11) is 0. The molecule has 2 unspecified atom stereocenters. The number of nitrogens with zero attached hydrogens (tertiary/aromatic N) is 3. The fourth-order valence-corrected chi connectivity index (χ4v) is 4.72. The van der Waals surface area contributed by atoms with E-state index < -0.39 is 0 Å². The molecule has 0 amide bonds. The fraction of sp³-hybridized carbons (Fsp3) is 0.214. The first-order chi connectivity index (χ1) is 16.5. The van der Waals surface area contributed by atoms with Gasteiger partial charge in [0.1, 0.15) is 11.5 Å². The van der Waals surface area contributed by atoms with Crippen LogP contribution in [0.25, 0.3) is 0 Å². The van der Waals surface area contributed by atoms with Crippen molar-refractivity contribution in [3.05, 3.63) is 108 Å². The molecule has 1 aliphatic rings. The van der Waals surface area contributed by atoms with Crippen LogP contribution in [0.1, 0.15) is 48.8 Å². The summed E-state index contributed by atoms with van der Waals surface area (Å²) in [5, 5.41) is 4.21. The molecule has 1 N–H and O–H groups in total. The molecule has 5 rings (SSSR count). The molecule has 0 radical (unpaired) electrons. The van der Waals surface area contributed by atoms with Crippen molar-refractivity contribution in [3.8, 4) is 11.5 Å². The molecule has 1 saturated heterocycles. The third-order valence-electron chi connectivity index (χ3n) is 6.21. The number of ether oxygens (including phenoxy) is 1. The summed E-state index contributed by atoms with van der Waals surface area (Å²) < 4.78 is 8.33. The zero-order valence-electron chi connectivity index (χ0n) is 19.6. The summed E-state index contributed by atoms with van der Waals surface area (Å²) in [5.74, 6) is 1.65. The summed E-state index contributed by atoms with van der Waals surface area (Å²) in [5.41, 5.74) is 4.27. The van der Waals surface area contributed by atoms with Crippen LogP contribution in [0.3, 0.4) is 0 Å². The van der Waals surface area contributed by atoms with E-state index in [9.17, 15) is 0 Å². The molecule has 0 bridgehead atoms. The van der Waals surface area contributed by atoms with Crippen LogP contribution in [-0.2, 0) is 0 Å². The highest BCUT2D eigenvalue weighted by atomic mass is 32.1. The lowest BCUT2D eigenvalue weighted by molar-refractivity contribution is 0.479. The lowest BCUT2D eigenvalue weighted by Crippen LogP contribution is -2.29. The fourth-order valence-electron chi connectivity index (χ4n) is 4.37. The van der Waals surface area contributed by atoms with Crippen LogP contribution in [0.5, 0.6) is 11.5 Å². The van der Waals surface area contributed by atoms with Gasteiger partial charge in [0.25, 0.3) is 0 Å². The molecule has 0 aliphatic carbocycles. The lowest BCUT2D eigenvalue weighted by Gasteiger charge is -2.27. The maximum Gasteiger partial charge on any atom is 0.174 e. The Hall–Kier alpha value is -3.64. The van der Waals surface area contributed by atoms with Gasteiger partial charge < -0.3 is 19.5 Å². The zero-order valence-corrected chi connectivity index (χ0v) is 20.4. The van der Waals surface area contributed by atoms with Crippen LogP contribution in [0, 0.1) is 6.92 Å². The van der Waals surface area contributed by atoms with E-state index in [4.69, 9.17) is 17.0 Å². The van der Waals surface area contributed by atoms with Gasteiger partial charge in [-0.3, -0.25) is 4.98 Å². The Morgan fingerprint density at radius 2 is 1.74 bits per heavy atom. The van der Waals surface area contributed by atoms with Crippen molar-refractivity contribution in [1.82, 2.24) is 14.9 Å². The predicted molar refractivity (Wildman–Crippen MR) is 140 cm³/mol. The lowest BCUT2D eigenvalue weighted by atomic mass is 9.98.